The number of carbonyl (C=O) groups excluding carboxylic acids is 1. The molecule has 1 aromatic heterocycles. The summed E-state index contributed by atoms with van der Waals surface area (Å²) in [6, 6.07) is 1.71. The first-order valence-electron chi connectivity index (χ1n) is 10.7. The normalized spacial score (nSPS) is 16.6. The fourth-order valence-corrected chi connectivity index (χ4v) is 3.39. The van der Waals surface area contributed by atoms with Gasteiger partial charge < -0.3 is 19.5 Å². The summed E-state index contributed by atoms with van der Waals surface area (Å²) in [5.41, 5.74) is 2.09. The highest BCUT2D eigenvalue weighted by Crippen LogP contribution is 2.21. The van der Waals surface area contributed by atoms with Crippen LogP contribution in [0.4, 0.5) is 0 Å². The first-order chi connectivity index (χ1) is 15.8. The zero-order chi connectivity index (χ0) is 24.4. The number of aryl methyl sites for hydroxylation is 1. The number of carboxylic acid groups (broad SMARTS) is 1. The minimum Gasteiger partial charge on any atom is -0.480 e. The number of aliphatic imine (C=N–C) groups is 2. The van der Waals surface area contributed by atoms with Gasteiger partial charge in [-0.1, -0.05) is 19.6 Å². The number of aliphatic carboxylic acids is 1. The second-order valence-electron chi connectivity index (χ2n) is 7.41. The van der Waals surface area contributed by atoms with E-state index < -0.39 is 5.97 Å². The van der Waals surface area contributed by atoms with Gasteiger partial charge in [-0.2, -0.15) is 0 Å². The van der Waals surface area contributed by atoms with Crippen LogP contribution < -0.4 is 0 Å². The fraction of sp³-hybridized carbons (Fsp3) is 0.478. The largest absolute Gasteiger partial charge is 0.480 e. The number of methoxy groups -OCH3 is 2. The molecule has 1 amide bonds. The molecule has 10 nitrogen and oxygen atoms in total. The average molecular weight is 458 g/mol. The average Bonchev–Trinajstić information content (AvgIpc) is 3.30. The van der Waals surface area contributed by atoms with Gasteiger partial charge in [-0.15, -0.1) is 16.8 Å². The molecule has 0 aliphatic carbocycles. The van der Waals surface area contributed by atoms with Crippen LogP contribution in [0.5, 0.6) is 0 Å². The van der Waals surface area contributed by atoms with Gasteiger partial charge in [-0.25, -0.2) is 4.99 Å². The van der Waals surface area contributed by atoms with Crippen LogP contribution in [0.3, 0.4) is 0 Å². The summed E-state index contributed by atoms with van der Waals surface area (Å²) in [5.74, 6) is -1.10. The molecule has 0 aromatic carbocycles. The van der Waals surface area contributed by atoms with Crippen molar-refractivity contribution in [3.05, 3.63) is 42.3 Å². The topological polar surface area (TPSA) is 127 Å². The van der Waals surface area contributed by atoms with Crippen molar-refractivity contribution < 1.29 is 24.2 Å². The van der Waals surface area contributed by atoms with Crippen LogP contribution in [0.15, 0.2) is 35.3 Å². The van der Waals surface area contributed by atoms with Gasteiger partial charge in [-0.3, -0.25) is 14.6 Å². The van der Waals surface area contributed by atoms with E-state index in [1.807, 2.05) is 6.92 Å². The van der Waals surface area contributed by atoms with E-state index in [9.17, 15) is 9.59 Å². The van der Waals surface area contributed by atoms with Gasteiger partial charge >= 0.3 is 5.97 Å². The molecule has 1 aromatic rings. The maximum atomic E-state index is 12.9. The Hall–Kier alpha value is -3.40. The van der Waals surface area contributed by atoms with E-state index >= 15 is 0 Å². The van der Waals surface area contributed by atoms with Gasteiger partial charge in [0.15, 0.2) is 5.69 Å². The SMILES string of the molecule is C=CCCc1cc(C(=O)N2CCC(OC)C2)nnc1C(=C)N=C(OC)C(CC)=NCC(=O)O. The molecule has 1 aliphatic rings. The number of carboxylic acids is 1. The van der Waals surface area contributed by atoms with Crippen LogP contribution in [0, 0.1) is 0 Å². The predicted molar refractivity (Wildman–Crippen MR) is 126 cm³/mol. The van der Waals surface area contributed by atoms with E-state index in [0.29, 0.717) is 43.8 Å². The molecule has 0 spiro atoms. The minimum atomic E-state index is -1.05. The first kappa shape index (κ1) is 25.9. The molecule has 0 bridgehead atoms. The summed E-state index contributed by atoms with van der Waals surface area (Å²) in [5, 5.41) is 17.3. The molecule has 33 heavy (non-hydrogen) atoms. The second-order valence-corrected chi connectivity index (χ2v) is 7.41. The maximum absolute atomic E-state index is 12.9. The Morgan fingerprint density at radius 3 is 2.70 bits per heavy atom. The van der Waals surface area contributed by atoms with Gasteiger partial charge in [0.1, 0.15) is 12.2 Å². The van der Waals surface area contributed by atoms with E-state index in [4.69, 9.17) is 14.6 Å². The summed E-state index contributed by atoms with van der Waals surface area (Å²) in [7, 11) is 3.06. The number of amides is 1. The number of hydrogen-bond donors (Lipinski definition) is 1. The molecule has 1 saturated heterocycles. The molecule has 1 aliphatic heterocycles. The molecule has 178 valence electrons. The van der Waals surface area contributed by atoms with Crippen molar-refractivity contribution in [3.63, 3.8) is 0 Å². The van der Waals surface area contributed by atoms with Crippen molar-refractivity contribution >= 4 is 29.2 Å². The third-order valence-electron chi connectivity index (χ3n) is 5.17. The highest BCUT2D eigenvalue weighted by Gasteiger charge is 2.28. The Bertz CT molecular complexity index is 957. The van der Waals surface area contributed by atoms with Crippen molar-refractivity contribution in [2.75, 3.05) is 33.9 Å². The van der Waals surface area contributed by atoms with Gasteiger partial charge in [-0.05, 0) is 37.3 Å². The third kappa shape index (κ3) is 7.04. The molecular formula is C23H31N5O5. The van der Waals surface area contributed by atoms with Crippen molar-refractivity contribution in [1.82, 2.24) is 15.1 Å². The minimum absolute atomic E-state index is 0.0264. The lowest BCUT2D eigenvalue weighted by Crippen LogP contribution is -2.31. The summed E-state index contributed by atoms with van der Waals surface area (Å²) in [6.07, 6.45) is 4.24. The standard InChI is InChI=1S/C23H31N5O5/c1-6-8-9-16-12-19(23(31)28-11-10-17(14-28)32-4)26-27-21(16)15(3)25-22(33-5)18(7-2)24-13-20(29)30/h6,12,17H,1,3,7-11,13-14H2,2,4-5H3,(H,29,30). The summed E-state index contributed by atoms with van der Waals surface area (Å²) >= 11 is 0. The van der Waals surface area contributed by atoms with E-state index in [0.717, 1.165) is 12.0 Å². The predicted octanol–water partition coefficient (Wildman–Crippen LogP) is 2.41. The van der Waals surface area contributed by atoms with E-state index in [2.05, 4.69) is 33.3 Å². The number of ether oxygens (including phenoxy) is 2. The summed E-state index contributed by atoms with van der Waals surface area (Å²) in [6.45, 7) is 10.3. The molecule has 1 atom stereocenters. The number of rotatable bonds is 11. The van der Waals surface area contributed by atoms with E-state index in [1.54, 1.807) is 24.2 Å². The Labute approximate surface area is 193 Å². The van der Waals surface area contributed by atoms with E-state index in [-0.39, 0.29) is 35.8 Å². The number of hydrogen-bond acceptors (Lipinski definition) is 8. The summed E-state index contributed by atoms with van der Waals surface area (Å²) in [4.78, 5) is 33.9. The lowest BCUT2D eigenvalue weighted by Gasteiger charge is -2.16. The molecule has 0 radical (unpaired) electrons. The lowest BCUT2D eigenvalue weighted by atomic mass is 10.1. The quantitative estimate of drug-likeness (QED) is 0.307. The highest BCUT2D eigenvalue weighted by atomic mass is 16.5. The molecule has 10 heteroatoms. The molecule has 2 rings (SSSR count). The van der Waals surface area contributed by atoms with E-state index in [1.165, 1.54) is 7.11 Å². The zero-order valence-corrected chi connectivity index (χ0v) is 19.4. The van der Waals surface area contributed by atoms with Crippen LogP contribution in [0.25, 0.3) is 5.70 Å². The number of aromatic nitrogens is 2. The van der Waals surface area contributed by atoms with Crippen LogP contribution in [-0.2, 0) is 20.7 Å². The van der Waals surface area contributed by atoms with Crippen LogP contribution in [-0.4, -0.2) is 83.6 Å². The van der Waals surface area contributed by atoms with Crippen LogP contribution >= 0.6 is 0 Å². The van der Waals surface area contributed by atoms with Gasteiger partial charge in [0, 0.05) is 20.2 Å². The van der Waals surface area contributed by atoms with Crippen molar-refractivity contribution in [1.29, 1.82) is 0 Å². The number of likely N-dealkylation sites (tertiary alicyclic amines) is 1. The Morgan fingerprint density at radius 1 is 1.36 bits per heavy atom. The number of nitrogens with zero attached hydrogens (tertiary/aromatic N) is 5. The van der Waals surface area contributed by atoms with Crippen molar-refractivity contribution in [2.45, 2.75) is 38.7 Å². The smallest absolute Gasteiger partial charge is 0.325 e. The first-order valence-corrected chi connectivity index (χ1v) is 10.7. The second kappa shape index (κ2) is 12.6. The van der Waals surface area contributed by atoms with Crippen molar-refractivity contribution in [2.24, 2.45) is 9.98 Å². The summed E-state index contributed by atoms with van der Waals surface area (Å²) < 4.78 is 10.7. The fourth-order valence-electron chi connectivity index (χ4n) is 3.39. The Kier molecular flexibility index (Phi) is 9.86. The van der Waals surface area contributed by atoms with Crippen LogP contribution in [0.1, 0.15) is 47.9 Å². The monoisotopic (exact) mass is 457 g/mol. The lowest BCUT2D eigenvalue weighted by molar-refractivity contribution is -0.135. The van der Waals surface area contributed by atoms with Gasteiger partial charge in [0.25, 0.3) is 5.91 Å². The highest BCUT2D eigenvalue weighted by molar-refractivity contribution is 6.39. The van der Waals surface area contributed by atoms with Gasteiger partial charge in [0.05, 0.1) is 24.6 Å². The maximum Gasteiger partial charge on any atom is 0.325 e. The molecule has 0 saturated carbocycles. The molecule has 1 unspecified atom stereocenters. The van der Waals surface area contributed by atoms with Crippen molar-refractivity contribution in [3.8, 4) is 0 Å². The zero-order valence-electron chi connectivity index (χ0n) is 19.4. The molecule has 1 N–H and O–H groups in total. The molecule has 1 fully saturated rings. The molecule has 2 heterocycles. The Morgan fingerprint density at radius 2 is 2.12 bits per heavy atom. The molecular weight excluding hydrogens is 426 g/mol. The Balaban J connectivity index is 2.35. The number of carbonyl (C=O) groups is 2. The third-order valence-corrected chi connectivity index (χ3v) is 5.17. The van der Waals surface area contributed by atoms with Gasteiger partial charge in [0.2, 0.25) is 5.90 Å². The number of allylic oxidation sites excluding steroid dienone is 1. The van der Waals surface area contributed by atoms with Crippen LogP contribution in [0.2, 0.25) is 0 Å².